The molecule has 0 aliphatic heterocycles. The van der Waals surface area contributed by atoms with Gasteiger partial charge in [0.2, 0.25) is 21.8 Å². The van der Waals surface area contributed by atoms with Crippen molar-refractivity contribution in [2.45, 2.75) is 52.7 Å². The van der Waals surface area contributed by atoms with Crippen LogP contribution in [0.2, 0.25) is 15.1 Å². The Bertz CT molecular complexity index is 1190. The largest absolute Gasteiger partial charge is 0.352 e. The Balaban J connectivity index is 2.45. The molecule has 0 aliphatic rings. The number of hydrogen-bond donors (Lipinski definition) is 1. The monoisotopic (exact) mass is 561 g/mol. The number of hydrogen-bond acceptors (Lipinski definition) is 4. The van der Waals surface area contributed by atoms with Gasteiger partial charge >= 0.3 is 0 Å². The molecule has 2 atom stereocenters. The van der Waals surface area contributed by atoms with E-state index in [0.29, 0.717) is 31.9 Å². The lowest BCUT2D eigenvalue weighted by Crippen LogP contribution is -2.52. The fourth-order valence-corrected chi connectivity index (χ4v) is 4.71. The summed E-state index contributed by atoms with van der Waals surface area (Å²) in [6.45, 7) is 6.64. The molecule has 0 unspecified atom stereocenters. The van der Waals surface area contributed by atoms with Gasteiger partial charge < -0.3 is 10.2 Å². The van der Waals surface area contributed by atoms with Crippen LogP contribution in [0.1, 0.15) is 38.3 Å². The van der Waals surface area contributed by atoms with Crippen LogP contribution in [0.3, 0.4) is 0 Å². The van der Waals surface area contributed by atoms with Crippen molar-refractivity contribution in [3.05, 3.63) is 62.6 Å². The maximum atomic E-state index is 13.6. The number of halogens is 3. The highest BCUT2D eigenvalue weighted by Gasteiger charge is 2.31. The molecule has 0 saturated heterocycles. The van der Waals surface area contributed by atoms with Crippen molar-refractivity contribution >= 4 is 62.3 Å². The molecule has 7 nitrogen and oxygen atoms in total. The van der Waals surface area contributed by atoms with Crippen molar-refractivity contribution in [2.75, 3.05) is 17.1 Å². The van der Waals surface area contributed by atoms with Crippen molar-refractivity contribution in [3.63, 3.8) is 0 Å². The second kappa shape index (κ2) is 12.3. The molecule has 0 radical (unpaired) electrons. The van der Waals surface area contributed by atoms with Crippen LogP contribution in [0.25, 0.3) is 0 Å². The van der Waals surface area contributed by atoms with Crippen LogP contribution in [-0.4, -0.2) is 50.0 Å². The lowest BCUT2D eigenvalue weighted by molar-refractivity contribution is -0.139. The number of nitrogens with one attached hydrogen (secondary N) is 1. The van der Waals surface area contributed by atoms with Crippen molar-refractivity contribution in [1.82, 2.24) is 10.2 Å². The van der Waals surface area contributed by atoms with E-state index in [1.165, 1.54) is 11.0 Å². The maximum Gasteiger partial charge on any atom is 0.244 e. The van der Waals surface area contributed by atoms with Crippen LogP contribution >= 0.6 is 34.8 Å². The first-order chi connectivity index (χ1) is 16.2. The highest BCUT2D eigenvalue weighted by molar-refractivity contribution is 7.92. The molecule has 1 N–H and O–H groups in total. The smallest absolute Gasteiger partial charge is 0.244 e. The van der Waals surface area contributed by atoms with Gasteiger partial charge in [0.1, 0.15) is 12.6 Å². The Morgan fingerprint density at radius 3 is 2.26 bits per heavy atom. The number of carbonyl (C=O) groups is 2. The van der Waals surface area contributed by atoms with Crippen molar-refractivity contribution < 1.29 is 18.0 Å². The maximum absolute atomic E-state index is 13.6. The van der Waals surface area contributed by atoms with Gasteiger partial charge in [-0.15, -0.1) is 0 Å². The first kappa shape index (κ1) is 29.2. The minimum atomic E-state index is -3.85. The molecule has 2 rings (SSSR count). The third-order valence-electron chi connectivity index (χ3n) is 5.62. The molecule has 0 saturated carbocycles. The van der Waals surface area contributed by atoms with E-state index in [2.05, 4.69) is 5.32 Å². The minimum absolute atomic E-state index is 0.0247. The predicted molar refractivity (Wildman–Crippen MR) is 143 cm³/mol. The van der Waals surface area contributed by atoms with Crippen LogP contribution in [0.15, 0.2) is 36.4 Å². The molecule has 2 aromatic carbocycles. The fraction of sp³-hybridized carbons (Fsp3) is 0.417. The van der Waals surface area contributed by atoms with E-state index < -0.39 is 28.5 Å². The van der Waals surface area contributed by atoms with E-state index in [4.69, 9.17) is 34.8 Å². The molecule has 0 bridgehead atoms. The lowest BCUT2D eigenvalue weighted by atomic mass is 10.1. The molecule has 0 fully saturated rings. The predicted octanol–water partition coefficient (Wildman–Crippen LogP) is 5.05. The van der Waals surface area contributed by atoms with E-state index in [1.54, 1.807) is 44.2 Å². The van der Waals surface area contributed by atoms with Crippen molar-refractivity contribution in [1.29, 1.82) is 0 Å². The summed E-state index contributed by atoms with van der Waals surface area (Å²) in [7, 11) is -3.85. The number of benzene rings is 2. The third kappa shape index (κ3) is 8.00. The van der Waals surface area contributed by atoms with E-state index >= 15 is 0 Å². The molecule has 0 aliphatic carbocycles. The van der Waals surface area contributed by atoms with Crippen LogP contribution in [0.5, 0.6) is 0 Å². The molecule has 0 aromatic heterocycles. The third-order valence-corrected chi connectivity index (χ3v) is 7.72. The Morgan fingerprint density at radius 1 is 1.03 bits per heavy atom. The Labute approximate surface area is 222 Å². The second-order valence-electron chi connectivity index (χ2n) is 8.46. The van der Waals surface area contributed by atoms with Gasteiger partial charge in [0.25, 0.3) is 0 Å². The number of aryl methyl sites for hydroxylation is 1. The lowest BCUT2D eigenvalue weighted by Gasteiger charge is -2.32. The molecule has 2 aromatic rings. The number of amides is 2. The fourth-order valence-electron chi connectivity index (χ4n) is 3.33. The van der Waals surface area contributed by atoms with Gasteiger partial charge in [0.15, 0.2) is 0 Å². The van der Waals surface area contributed by atoms with Crippen molar-refractivity contribution in [2.24, 2.45) is 0 Å². The summed E-state index contributed by atoms with van der Waals surface area (Å²) in [6.07, 6.45) is 1.73. The number of rotatable bonds is 10. The average Bonchev–Trinajstić information content (AvgIpc) is 2.78. The Morgan fingerprint density at radius 2 is 1.69 bits per heavy atom. The van der Waals surface area contributed by atoms with Gasteiger partial charge in [0, 0.05) is 17.6 Å². The van der Waals surface area contributed by atoms with E-state index in [1.807, 2.05) is 13.8 Å². The number of anilines is 1. The first-order valence-electron chi connectivity index (χ1n) is 11.0. The number of sulfonamides is 1. The summed E-state index contributed by atoms with van der Waals surface area (Å²) < 4.78 is 26.4. The standard InChI is InChI=1S/C24H30Cl3N3O4S/c1-6-16(3)28-24(32)17(4)29(13-18-8-10-20(26)21(27)11-18)23(31)14-30(35(5,33)34)22-12-19(25)9-7-15(22)2/h7-12,16-17H,6,13-14H2,1-5H3,(H,28,32)/t16-,17+/m0/s1. The molecule has 11 heteroatoms. The van der Waals surface area contributed by atoms with Crippen LogP contribution in [0, 0.1) is 6.92 Å². The zero-order valence-corrected chi connectivity index (χ0v) is 23.4. The van der Waals surface area contributed by atoms with Crippen molar-refractivity contribution in [3.8, 4) is 0 Å². The van der Waals surface area contributed by atoms with Gasteiger partial charge in [-0.1, -0.05) is 53.9 Å². The van der Waals surface area contributed by atoms with Gasteiger partial charge in [-0.05, 0) is 62.6 Å². The van der Waals surface area contributed by atoms with E-state index in [-0.39, 0.29) is 18.5 Å². The molecule has 0 spiro atoms. The zero-order valence-electron chi connectivity index (χ0n) is 20.3. The molecule has 2 amide bonds. The van der Waals surface area contributed by atoms with Crippen LogP contribution in [-0.2, 0) is 26.2 Å². The Hall–Kier alpha value is -2.00. The van der Waals surface area contributed by atoms with Gasteiger partial charge in [-0.3, -0.25) is 13.9 Å². The van der Waals surface area contributed by atoms with Crippen LogP contribution in [0.4, 0.5) is 5.69 Å². The molecule has 35 heavy (non-hydrogen) atoms. The highest BCUT2D eigenvalue weighted by Crippen LogP contribution is 2.27. The highest BCUT2D eigenvalue weighted by atomic mass is 35.5. The Kier molecular flexibility index (Phi) is 10.3. The molecule has 192 valence electrons. The summed E-state index contributed by atoms with van der Waals surface area (Å²) in [5.74, 6) is -0.912. The number of carbonyl (C=O) groups excluding carboxylic acids is 2. The van der Waals surface area contributed by atoms with Crippen LogP contribution < -0.4 is 9.62 Å². The second-order valence-corrected chi connectivity index (χ2v) is 11.6. The van der Waals surface area contributed by atoms with E-state index in [9.17, 15) is 18.0 Å². The quantitative estimate of drug-likeness (QED) is 0.439. The SMILES string of the molecule is CC[C@H](C)NC(=O)[C@@H](C)N(Cc1ccc(Cl)c(Cl)c1)C(=O)CN(c1cc(Cl)ccc1C)S(C)(=O)=O. The topological polar surface area (TPSA) is 86.8 Å². The molecular formula is C24H30Cl3N3O4S. The first-order valence-corrected chi connectivity index (χ1v) is 14.0. The van der Waals surface area contributed by atoms with Gasteiger partial charge in [-0.2, -0.15) is 0 Å². The summed E-state index contributed by atoms with van der Waals surface area (Å²) in [5.41, 5.74) is 1.56. The normalized spacial score (nSPS) is 13.1. The molecular weight excluding hydrogens is 533 g/mol. The van der Waals surface area contributed by atoms with E-state index in [0.717, 1.165) is 17.0 Å². The summed E-state index contributed by atoms with van der Waals surface area (Å²) >= 11 is 18.3. The minimum Gasteiger partial charge on any atom is -0.352 e. The molecule has 0 heterocycles. The summed E-state index contributed by atoms with van der Waals surface area (Å²) in [5, 5.41) is 3.87. The zero-order chi connectivity index (χ0) is 26.5. The number of nitrogens with zero attached hydrogens (tertiary/aromatic N) is 2. The van der Waals surface area contributed by atoms with Gasteiger partial charge in [0.05, 0.1) is 22.0 Å². The van der Waals surface area contributed by atoms with Gasteiger partial charge in [-0.25, -0.2) is 8.42 Å². The summed E-state index contributed by atoms with van der Waals surface area (Å²) in [4.78, 5) is 27.8. The average molecular weight is 563 g/mol. The summed E-state index contributed by atoms with van der Waals surface area (Å²) in [6, 6.07) is 8.75.